The van der Waals surface area contributed by atoms with Crippen molar-refractivity contribution < 1.29 is 39.2 Å². The molecule has 0 radical (unpaired) electrons. The zero-order chi connectivity index (χ0) is 25.9. The van der Waals surface area contributed by atoms with Crippen molar-refractivity contribution in [3.8, 4) is 5.75 Å². The van der Waals surface area contributed by atoms with Gasteiger partial charge in [0.2, 0.25) is 0 Å². The predicted molar refractivity (Wildman–Crippen MR) is 128 cm³/mol. The molecule has 190 valence electrons. The summed E-state index contributed by atoms with van der Waals surface area (Å²) in [6.07, 6.45) is -4.83. The second-order valence-electron chi connectivity index (χ2n) is 10.1. The number of aromatic amines is 1. The Morgan fingerprint density at radius 2 is 1.83 bits per heavy atom. The van der Waals surface area contributed by atoms with Crippen LogP contribution in [-0.4, -0.2) is 74.8 Å². The van der Waals surface area contributed by atoms with Gasteiger partial charge in [0.05, 0.1) is 22.7 Å². The summed E-state index contributed by atoms with van der Waals surface area (Å²) in [6, 6.07) is 6.25. The second kappa shape index (κ2) is 8.47. The minimum atomic E-state index is -1.26. The quantitative estimate of drug-likeness (QED) is 0.294. The lowest BCUT2D eigenvalue weighted by molar-refractivity contribution is 0.00545. The van der Waals surface area contributed by atoms with Crippen LogP contribution in [0.15, 0.2) is 24.3 Å². The minimum Gasteiger partial charge on any atom is -0.508 e. The van der Waals surface area contributed by atoms with Crippen molar-refractivity contribution in [2.75, 3.05) is 6.54 Å². The Morgan fingerprint density at radius 3 is 2.56 bits per heavy atom. The van der Waals surface area contributed by atoms with Gasteiger partial charge in [-0.2, -0.15) is 0 Å². The van der Waals surface area contributed by atoms with Crippen molar-refractivity contribution in [3.63, 3.8) is 0 Å². The average molecular weight is 498 g/mol. The van der Waals surface area contributed by atoms with Crippen molar-refractivity contribution in [2.24, 2.45) is 0 Å². The number of alkyl carbamates (subject to hydrolysis) is 1. The highest BCUT2D eigenvalue weighted by Crippen LogP contribution is 2.37. The van der Waals surface area contributed by atoms with Gasteiger partial charge in [-0.25, -0.2) is 4.79 Å². The number of nitrogens with one attached hydrogen (secondary N) is 3. The molecule has 11 heteroatoms. The number of amides is 3. The summed E-state index contributed by atoms with van der Waals surface area (Å²) in [6.45, 7) is 5.10. The van der Waals surface area contributed by atoms with Crippen LogP contribution < -0.4 is 10.6 Å². The summed E-state index contributed by atoms with van der Waals surface area (Å²) in [4.78, 5) is 40.3. The van der Waals surface area contributed by atoms with Crippen LogP contribution >= 0.6 is 0 Å². The van der Waals surface area contributed by atoms with Crippen LogP contribution in [0.4, 0.5) is 4.79 Å². The molecule has 3 amide bonds. The summed E-state index contributed by atoms with van der Waals surface area (Å²) in [5.74, 6) is -1.07. The molecule has 1 fully saturated rings. The van der Waals surface area contributed by atoms with Crippen molar-refractivity contribution >= 4 is 39.7 Å². The van der Waals surface area contributed by atoms with Crippen LogP contribution in [0.3, 0.4) is 0 Å². The lowest BCUT2D eigenvalue weighted by atomic mass is 9.94. The number of phenolic OH excluding ortho intramolecular Hbond substituents is 1. The minimum absolute atomic E-state index is 0.00489. The molecule has 0 unspecified atom stereocenters. The Morgan fingerprint density at radius 1 is 1.11 bits per heavy atom. The lowest BCUT2D eigenvalue weighted by Gasteiger charge is -2.21. The van der Waals surface area contributed by atoms with Gasteiger partial charge in [-0.1, -0.05) is 0 Å². The maximum absolute atomic E-state index is 12.6. The number of phenols is 1. The van der Waals surface area contributed by atoms with E-state index in [2.05, 4.69) is 15.6 Å². The van der Waals surface area contributed by atoms with Gasteiger partial charge in [-0.15, -0.1) is 0 Å². The molecule has 0 spiro atoms. The zero-order valence-electron chi connectivity index (χ0n) is 19.9. The van der Waals surface area contributed by atoms with Crippen LogP contribution in [-0.2, 0) is 15.9 Å². The summed E-state index contributed by atoms with van der Waals surface area (Å²) < 4.78 is 11.1. The molecule has 1 saturated heterocycles. The molecule has 5 rings (SSSR count). The van der Waals surface area contributed by atoms with Crippen LogP contribution in [0, 0.1) is 0 Å². The molecule has 4 atom stereocenters. The predicted octanol–water partition coefficient (Wildman–Crippen LogP) is 1.47. The SMILES string of the molecule is CC(C)(C)OC(=O)NC[C@H]1O[C@@H](Cc2cc3c(c4c2[nH]c2ccc(O)cc24)C(=O)NC3=O)[C@H](O)[C@@H]1O. The molecular formula is C25H27N3O8. The standard InChI is InChI=1S/C25H27N3O8/c1-25(2,3)36-24(34)26-9-16-21(31)20(30)15(35-16)7-10-6-13-18(23(33)28-22(13)32)17-12-8-11(29)4-5-14(12)27-19(10)17/h4-6,8,15-16,20-21,27,29-31H,7,9H2,1-3H3,(H,26,34)(H,28,32,33)/t15-,16+,20-,21+/m0/s1. The second-order valence-corrected chi connectivity index (χ2v) is 10.1. The first kappa shape index (κ1) is 24.0. The summed E-state index contributed by atoms with van der Waals surface area (Å²) in [7, 11) is 0. The maximum atomic E-state index is 12.6. The molecule has 36 heavy (non-hydrogen) atoms. The van der Waals surface area contributed by atoms with Gasteiger partial charge in [0.15, 0.2) is 0 Å². The fourth-order valence-electron chi connectivity index (χ4n) is 4.82. The Kier molecular flexibility index (Phi) is 5.66. The molecule has 2 aliphatic heterocycles. The van der Waals surface area contributed by atoms with Crippen LogP contribution in [0.25, 0.3) is 21.8 Å². The number of H-pyrrole nitrogens is 1. The number of aromatic hydroxyl groups is 1. The zero-order valence-corrected chi connectivity index (χ0v) is 19.9. The first-order valence-electron chi connectivity index (χ1n) is 11.6. The third kappa shape index (κ3) is 4.15. The number of hydrogen-bond donors (Lipinski definition) is 6. The van der Waals surface area contributed by atoms with Crippen molar-refractivity contribution in [3.05, 3.63) is 41.0 Å². The van der Waals surface area contributed by atoms with Gasteiger partial charge in [0, 0.05) is 29.3 Å². The number of ether oxygens (including phenoxy) is 2. The van der Waals surface area contributed by atoms with Crippen molar-refractivity contribution in [1.29, 1.82) is 0 Å². The van der Waals surface area contributed by atoms with Gasteiger partial charge < -0.3 is 35.1 Å². The molecule has 0 aliphatic carbocycles. The highest BCUT2D eigenvalue weighted by molar-refractivity contribution is 6.30. The number of aromatic nitrogens is 1. The van der Waals surface area contributed by atoms with E-state index in [4.69, 9.17) is 9.47 Å². The molecule has 2 aliphatic rings. The van der Waals surface area contributed by atoms with E-state index < -0.39 is 47.9 Å². The molecule has 1 aromatic heterocycles. The molecular weight excluding hydrogens is 470 g/mol. The molecule has 11 nitrogen and oxygen atoms in total. The number of carbonyl (C=O) groups excluding carboxylic acids is 3. The Hall–Kier alpha value is -3.67. The largest absolute Gasteiger partial charge is 0.508 e. The van der Waals surface area contributed by atoms with E-state index in [0.717, 1.165) is 0 Å². The van der Waals surface area contributed by atoms with E-state index in [1.807, 2.05) is 0 Å². The molecule has 0 bridgehead atoms. The van der Waals surface area contributed by atoms with Crippen molar-refractivity contribution in [2.45, 2.75) is 57.2 Å². The molecule has 3 heterocycles. The number of carbonyl (C=O) groups is 3. The van der Waals surface area contributed by atoms with E-state index in [1.165, 1.54) is 12.1 Å². The Balaban J connectivity index is 1.45. The highest BCUT2D eigenvalue weighted by atomic mass is 16.6. The van der Waals surface area contributed by atoms with E-state index in [-0.39, 0.29) is 29.8 Å². The first-order chi connectivity index (χ1) is 16.9. The van der Waals surface area contributed by atoms with Gasteiger partial charge in [-0.05, 0) is 50.6 Å². The number of aliphatic hydroxyl groups is 2. The average Bonchev–Trinajstić information content (AvgIpc) is 3.38. The smallest absolute Gasteiger partial charge is 0.407 e. The highest BCUT2D eigenvalue weighted by Gasteiger charge is 2.43. The van der Waals surface area contributed by atoms with E-state index >= 15 is 0 Å². The number of imide groups is 1. The maximum Gasteiger partial charge on any atom is 0.407 e. The van der Waals surface area contributed by atoms with Gasteiger partial charge >= 0.3 is 6.09 Å². The topological polar surface area (TPSA) is 170 Å². The van der Waals surface area contributed by atoms with E-state index in [9.17, 15) is 29.7 Å². The van der Waals surface area contributed by atoms with Crippen molar-refractivity contribution in [1.82, 2.24) is 15.6 Å². The number of aliphatic hydroxyl groups excluding tert-OH is 2. The monoisotopic (exact) mass is 497 g/mol. The molecule has 0 saturated carbocycles. The van der Waals surface area contributed by atoms with Crippen LogP contribution in [0.2, 0.25) is 0 Å². The number of benzene rings is 2. The fourth-order valence-corrected chi connectivity index (χ4v) is 4.82. The van der Waals surface area contributed by atoms with Gasteiger partial charge in [-0.3, -0.25) is 14.9 Å². The van der Waals surface area contributed by atoms with Crippen LogP contribution in [0.1, 0.15) is 47.1 Å². The summed E-state index contributed by atoms with van der Waals surface area (Å²) in [5, 5.41) is 37.1. The number of hydrogen-bond acceptors (Lipinski definition) is 8. The number of rotatable bonds is 4. The normalized spacial score (nSPS) is 23.8. The molecule has 6 N–H and O–H groups in total. The third-order valence-corrected chi connectivity index (χ3v) is 6.37. The van der Waals surface area contributed by atoms with E-state index in [0.29, 0.717) is 27.4 Å². The fraction of sp³-hybridized carbons (Fsp3) is 0.400. The Bertz CT molecular complexity index is 1410. The summed E-state index contributed by atoms with van der Waals surface area (Å²) in [5.41, 5.74) is 1.49. The first-order valence-corrected chi connectivity index (χ1v) is 11.6. The number of fused-ring (bicyclic) bond motifs is 5. The van der Waals surface area contributed by atoms with Gasteiger partial charge in [0.1, 0.15) is 29.7 Å². The van der Waals surface area contributed by atoms with Gasteiger partial charge in [0.25, 0.3) is 11.8 Å². The molecule has 2 aromatic carbocycles. The summed E-state index contributed by atoms with van der Waals surface area (Å²) >= 11 is 0. The Labute approximate surface area is 205 Å². The molecule has 3 aromatic rings. The van der Waals surface area contributed by atoms with Crippen LogP contribution in [0.5, 0.6) is 5.75 Å². The third-order valence-electron chi connectivity index (χ3n) is 6.37. The van der Waals surface area contributed by atoms with E-state index in [1.54, 1.807) is 32.9 Å². The lowest BCUT2D eigenvalue weighted by Crippen LogP contribution is -2.41.